The number of aryl methyl sites for hydroxylation is 1. The first-order valence-corrected chi connectivity index (χ1v) is 9.71. The van der Waals surface area contributed by atoms with Gasteiger partial charge in [-0.2, -0.15) is 4.98 Å². The summed E-state index contributed by atoms with van der Waals surface area (Å²) in [6.07, 6.45) is 0.938. The Kier molecular flexibility index (Phi) is 4.32. The van der Waals surface area contributed by atoms with E-state index in [1.165, 1.54) is 16.9 Å². The highest BCUT2D eigenvalue weighted by Gasteiger charge is 2.31. The molecule has 134 valence electrons. The summed E-state index contributed by atoms with van der Waals surface area (Å²) in [7, 11) is 0. The van der Waals surface area contributed by atoms with E-state index in [1.807, 2.05) is 19.1 Å². The maximum Gasteiger partial charge on any atom is 0.348 e. The number of carbonyl (C=O) groups is 1. The molecule has 0 saturated heterocycles. The third-order valence-electron chi connectivity index (χ3n) is 4.64. The average Bonchev–Trinajstić information content (AvgIpc) is 3.11. The number of benzene rings is 1. The fourth-order valence-corrected chi connectivity index (χ4v) is 4.83. The van der Waals surface area contributed by atoms with Gasteiger partial charge in [-0.3, -0.25) is 0 Å². The molecule has 1 atom stereocenters. The molecule has 1 aliphatic heterocycles. The molecule has 3 heterocycles. The number of halogens is 1. The van der Waals surface area contributed by atoms with Gasteiger partial charge >= 0.3 is 5.97 Å². The first kappa shape index (κ1) is 17.2. The highest BCUT2D eigenvalue weighted by molar-refractivity contribution is 7.20. The summed E-state index contributed by atoms with van der Waals surface area (Å²) in [5.74, 6) is 0.423. The Labute approximate surface area is 160 Å². The molecule has 0 amide bonds. The van der Waals surface area contributed by atoms with E-state index in [0.717, 1.165) is 28.9 Å². The smallest absolute Gasteiger partial charge is 0.348 e. The number of carbonyl (C=O) groups excluding carboxylic acids is 1. The number of anilines is 2. The molecule has 3 aromatic rings. The van der Waals surface area contributed by atoms with Gasteiger partial charge in [0.2, 0.25) is 5.28 Å². The molecule has 2 aromatic heterocycles. The van der Waals surface area contributed by atoms with Gasteiger partial charge < -0.3 is 9.64 Å². The summed E-state index contributed by atoms with van der Waals surface area (Å²) in [6, 6.07) is 8.54. The number of hydrogen-bond acceptors (Lipinski definition) is 6. The van der Waals surface area contributed by atoms with Gasteiger partial charge in [-0.25, -0.2) is 9.78 Å². The predicted octanol–water partition coefficient (Wildman–Crippen LogP) is 4.91. The zero-order valence-electron chi connectivity index (χ0n) is 14.7. The van der Waals surface area contributed by atoms with Crippen LogP contribution in [0.5, 0.6) is 0 Å². The maximum atomic E-state index is 12.3. The molecule has 4 rings (SSSR count). The molecule has 1 aliphatic rings. The fourth-order valence-electron chi connectivity index (χ4n) is 3.55. The summed E-state index contributed by atoms with van der Waals surface area (Å²) in [4.78, 5) is 24.7. The van der Waals surface area contributed by atoms with E-state index in [-0.39, 0.29) is 17.3 Å². The number of hydrogen-bond donors (Lipinski definition) is 0. The van der Waals surface area contributed by atoms with Crippen LogP contribution in [0.4, 0.5) is 11.5 Å². The van der Waals surface area contributed by atoms with Crippen molar-refractivity contribution in [2.24, 2.45) is 0 Å². The van der Waals surface area contributed by atoms with Crippen molar-refractivity contribution in [3.05, 3.63) is 45.6 Å². The Morgan fingerprint density at radius 3 is 2.92 bits per heavy atom. The Morgan fingerprint density at radius 1 is 1.38 bits per heavy atom. The van der Waals surface area contributed by atoms with Crippen LogP contribution in [0.25, 0.3) is 10.2 Å². The van der Waals surface area contributed by atoms with Crippen molar-refractivity contribution in [2.45, 2.75) is 33.2 Å². The molecule has 0 radical (unpaired) electrons. The molecule has 0 fully saturated rings. The van der Waals surface area contributed by atoms with E-state index in [9.17, 15) is 4.79 Å². The largest absolute Gasteiger partial charge is 0.462 e. The van der Waals surface area contributed by atoms with Gasteiger partial charge in [0, 0.05) is 11.7 Å². The van der Waals surface area contributed by atoms with Crippen molar-refractivity contribution in [3.8, 4) is 0 Å². The third kappa shape index (κ3) is 2.64. The highest BCUT2D eigenvalue weighted by atomic mass is 35.5. The molecule has 1 aromatic carbocycles. The summed E-state index contributed by atoms with van der Waals surface area (Å²) < 4.78 is 5.19. The molecule has 0 aliphatic carbocycles. The molecule has 7 heteroatoms. The lowest BCUT2D eigenvalue weighted by Crippen LogP contribution is -2.25. The molecule has 5 nitrogen and oxygen atoms in total. The number of ether oxygens (including phenoxy) is 1. The van der Waals surface area contributed by atoms with Crippen molar-refractivity contribution in [3.63, 3.8) is 0 Å². The van der Waals surface area contributed by atoms with Crippen LogP contribution in [0.1, 0.15) is 34.6 Å². The number of nitrogens with zero attached hydrogens (tertiary/aromatic N) is 3. The van der Waals surface area contributed by atoms with Crippen molar-refractivity contribution in [2.75, 3.05) is 11.5 Å². The van der Waals surface area contributed by atoms with Gasteiger partial charge in [0.1, 0.15) is 15.5 Å². The van der Waals surface area contributed by atoms with E-state index in [1.54, 1.807) is 6.92 Å². The van der Waals surface area contributed by atoms with Crippen LogP contribution in [0, 0.1) is 6.92 Å². The first-order valence-electron chi connectivity index (χ1n) is 8.52. The van der Waals surface area contributed by atoms with E-state index < -0.39 is 0 Å². The minimum absolute atomic E-state index is 0.181. The molecule has 26 heavy (non-hydrogen) atoms. The van der Waals surface area contributed by atoms with Crippen LogP contribution in [-0.2, 0) is 11.2 Å². The van der Waals surface area contributed by atoms with Crippen molar-refractivity contribution >= 4 is 50.6 Å². The minimum Gasteiger partial charge on any atom is -0.462 e. The van der Waals surface area contributed by atoms with E-state index in [2.05, 4.69) is 33.9 Å². The van der Waals surface area contributed by atoms with Crippen molar-refractivity contribution in [1.82, 2.24) is 9.97 Å². The predicted molar refractivity (Wildman–Crippen MR) is 105 cm³/mol. The van der Waals surface area contributed by atoms with Gasteiger partial charge in [-0.05, 0) is 56.0 Å². The lowest BCUT2D eigenvalue weighted by molar-refractivity contribution is 0.0531. The van der Waals surface area contributed by atoms with Crippen LogP contribution >= 0.6 is 22.9 Å². The topological polar surface area (TPSA) is 55.3 Å². The summed E-state index contributed by atoms with van der Waals surface area (Å²) in [5.41, 5.74) is 3.24. The van der Waals surface area contributed by atoms with Crippen LogP contribution in [0.2, 0.25) is 5.28 Å². The minimum atomic E-state index is -0.329. The summed E-state index contributed by atoms with van der Waals surface area (Å²) in [5, 5.41) is 1.05. The second-order valence-electron chi connectivity index (χ2n) is 6.32. The van der Waals surface area contributed by atoms with Gasteiger partial charge in [0.05, 0.1) is 12.0 Å². The molecule has 0 spiro atoms. The van der Waals surface area contributed by atoms with Gasteiger partial charge in [0.15, 0.2) is 0 Å². The van der Waals surface area contributed by atoms with Crippen LogP contribution < -0.4 is 4.90 Å². The second kappa shape index (κ2) is 6.52. The van der Waals surface area contributed by atoms with Crippen LogP contribution in [0.3, 0.4) is 0 Å². The normalized spacial score (nSPS) is 16.2. The number of fused-ring (bicyclic) bond motifs is 2. The molecule has 0 saturated carbocycles. The van der Waals surface area contributed by atoms with E-state index in [0.29, 0.717) is 16.3 Å². The summed E-state index contributed by atoms with van der Waals surface area (Å²) >= 11 is 7.53. The van der Waals surface area contributed by atoms with Gasteiger partial charge in [-0.1, -0.05) is 18.2 Å². The lowest BCUT2D eigenvalue weighted by Gasteiger charge is -2.24. The van der Waals surface area contributed by atoms with E-state index in [4.69, 9.17) is 16.3 Å². The SMILES string of the molecule is CCOC(=O)c1sc2nc(Cl)nc(N3c4ccccc4CC3C)c2c1C. The zero-order chi connectivity index (χ0) is 18.4. The Bertz CT molecular complexity index is 1020. The van der Waals surface area contributed by atoms with Crippen LogP contribution in [0.15, 0.2) is 24.3 Å². The number of esters is 1. The number of rotatable bonds is 3. The Balaban J connectivity index is 1.95. The molecule has 0 bridgehead atoms. The Morgan fingerprint density at radius 2 is 2.15 bits per heavy atom. The van der Waals surface area contributed by atoms with E-state index >= 15 is 0 Å². The highest BCUT2D eigenvalue weighted by Crippen LogP contribution is 2.43. The number of para-hydroxylation sites is 1. The lowest BCUT2D eigenvalue weighted by atomic mass is 10.1. The standard InChI is InChI=1S/C19H18ClN3O2S/c1-4-25-18(24)15-11(3)14-16(21-19(20)22-17(14)26-15)23-10(2)9-12-7-5-6-8-13(12)23/h5-8,10H,4,9H2,1-3H3. The monoisotopic (exact) mass is 387 g/mol. The van der Waals surface area contributed by atoms with Gasteiger partial charge in [-0.15, -0.1) is 11.3 Å². The van der Waals surface area contributed by atoms with Gasteiger partial charge in [0.25, 0.3) is 0 Å². The molecular formula is C19H18ClN3O2S. The summed E-state index contributed by atoms with van der Waals surface area (Å²) in [6.45, 7) is 6.21. The molecule has 0 N–H and O–H groups in total. The maximum absolute atomic E-state index is 12.3. The number of thiophene rings is 1. The molecular weight excluding hydrogens is 370 g/mol. The number of aromatic nitrogens is 2. The quantitative estimate of drug-likeness (QED) is 0.472. The zero-order valence-corrected chi connectivity index (χ0v) is 16.3. The molecule has 1 unspecified atom stereocenters. The first-order chi connectivity index (χ1) is 12.5. The fraction of sp³-hybridized carbons (Fsp3) is 0.316. The van der Waals surface area contributed by atoms with Crippen LogP contribution in [-0.4, -0.2) is 28.6 Å². The average molecular weight is 388 g/mol. The second-order valence-corrected chi connectivity index (χ2v) is 7.66. The third-order valence-corrected chi connectivity index (χ3v) is 5.97. The van der Waals surface area contributed by atoms with Crippen molar-refractivity contribution in [1.29, 1.82) is 0 Å². The van der Waals surface area contributed by atoms with Crippen molar-refractivity contribution < 1.29 is 9.53 Å². The Hall–Kier alpha value is -2.18.